The van der Waals surface area contributed by atoms with Gasteiger partial charge in [0.05, 0.1) is 13.6 Å². The molecular weight excluding hydrogens is 244 g/mol. The highest BCUT2D eigenvalue weighted by molar-refractivity contribution is 5.63. The zero-order valence-electron chi connectivity index (χ0n) is 12.2. The van der Waals surface area contributed by atoms with Gasteiger partial charge in [0.2, 0.25) is 0 Å². The van der Waals surface area contributed by atoms with Gasteiger partial charge >= 0.3 is 6.09 Å². The minimum Gasteiger partial charge on any atom is -0.623 e. The molecule has 0 saturated carbocycles. The van der Waals surface area contributed by atoms with Crippen molar-refractivity contribution < 1.29 is 14.2 Å². The lowest BCUT2D eigenvalue weighted by Gasteiger charge is -2.32. The number of benzene rings is 1. The molecule has 0 bridgehead atoms. The Balaban J connectivity index is 2.86. The molecule has 1 rings (SSSR count). The molecule has 2 unspecified atom stereocenters. The average molecular weight is 266 g/mol. The second-order valence-electron chi connectivity index (χ2n) is 5.00. The van der Waals surface area contributed by atoms with Crippen molar-refractivity contribution in [3.8, 4) is 5.75 Å². The molecule has 0 aliphatic rings. The Hall–Kier alpha value is -1.43. The number of rotatable bonds is 4. The molecule has 1 aromatic carbocycles. The van der Waals surface area contributed by atoms with Crippen molar-refractivity contribution in [1.29, 1.82) is 0 Å². The molecule has 106 valence electrons. The van der Waals surface area contributed by atoms with Gasteiger partial charge in [0.25, 0.3) is 0 Å². The van der Waals surface area contributed by atoms with Crippen LogP contribution >= 0.6 is 0 Å². The number of nitrogens with zero attached hydrogens (tertiary/aromatic N) is 2. The van der Waals surface area contributed by atoms with Crippen LogP contribution in [0.5, 0.6) is 5.75 Å². The van der Waals surface area contributed by atoms with Crippen LogP contribution in [-0.4, -0.2) is 43.3 Å². The van der Waals surface area contributed by atoms with Crippen LogP contribution in [0.25, 0.3) is 0 Å². The minimum atomic E-state index is -1.03. The van der Waals surface area contributed by atoms with Crippen molar-refractivity contribution in [3.05, 3.63) is 35.0 Å². The SMILES string of the molecule is CC[N+](C)([O-])C(=O)Oc1cccc(C(C)N(C)C)c1. The van der Waals surface area contributed by atoms with Gasteiger partial charge in [-0.25, -0.2) is 0 Å². The Morgan fingerprint density at radius 3 is 2.63 bits per heavy atom. The molecule has 0 spiro atoms. The maximum Gasteiger partial charge on any atom is 0.521 e. The summed E-state index contributed by atoms with van der Waals surface area (Å²) >= 11 is 0. The van der Waals surface area contributed by atoms with Gasteiger partial charge in [0.1, 0.15) is 5.75 Å². The molecule has 19 heavy (non-hydrogen) atoms. The average Bonchev–Trinajstić information content (AvgIpc) is 2.37. The first-order valence-corrected chi connectivity index (χ1v) is 6.33. The van der Waals surface area contributed by atoms with E-state index < -0.39 is 10.7 Å². The highest BCUT2D eigenvalue weighted by atomic mass is 16.7. The normalized spacial score (nSPS) is 15.9. The number of ether oxygens (including phenoxy) is 1. The van der Waals surface area contributed by atoms with Crippen LogP contribution in [0.3, 0.4) is 0 Å². The minimum absolute atomic E-state index is 0.145. The van der Waals surface area contributed by atoms with E-state index >= 15 is 0 Å². The number of quaternary nitrogens is 1. The van der Waals surface area contributed by atoms with E-state index in [9.17, 15) is 10.0 Å². The molecule has 0 N–H and O–H groups in total. The molecule has 0 aliphatic carbocycles. The number of amides is 1. The fourth-order valence-electron chi connectivity index (χ4n) is 1.46. The Labute approximate surface area is 114 Å². The van der Waals surface area contributed by atoms with Crippen LogP contribution in [0.4, 0.5) is 4.79 Å². The summed E-state index contributed by atoms with van der Waals surface area (Å²) in [6, 6.07) is 7.46. The predicted octanol–water partition coefficient (Wildman–Crippen LogP) is 2.77. The number of carbonyl (C=O) groups is 1. The molecule has 5 heteroatoms. The summed E-state index contributed by atoms with van der Waals surface area (Å²) in [5.41, 5.74) is 1.03. The van der Waals surface area contributed by atoms with Crippen molar-refractivity contribution >= 4 is 6.09 Å². The van der Waals surface area contributed by atoms with Gasteiger partial charge < -0.3 is 14.8 Å². The Morgan fingerprint density at radius 2 is 2.11 bits per heavy atom. The third-order valence-corrected chi connectivity index (χ3v) is 3.31. The maximum atomic E-state index is 11.8. The molecule has 0 saturated heterocycles. The monoisotopic (exact) mass is 266 g/mol. The lowest BCUT2D eigenvalue weighted by Crippen LogP contribution is -2.45. The summed E-state index contributed by atoms with van der Waals surface area (Å²) in [5.74, 6) is 0.407. The van der Waals surface area contributed by atoms with E-state index in [1.807, 2.05) is 26.2 Å². The third kappa shape index (κ3) is 4.02. The zero-order chi connectivity index (χ0) is 14.6. The zero-order valence-corrected chi connectivity index (χ0v) is 12.2. The number of hydroxylamine groups is 3. The van der Waals surface area contributed by atoms with Crippen LogP contribution in [-0.2, 0) is 0 Å². The molecule has 5 nitrogen and oxygen atoms in total. The van der Waals surface area contributed by atoms with Gasteiger partial charge in [-0.3, -0.25) is 4.65 Å². The van der Waals surface area contributed by atoms with Gasteiger partial charge in [-0.05, 0) is 45.6 Å². The van der Waals surface area contributed by atoms with Crippen molar-refractivity contribution in [2.24, 2.45) is 0 Å². The van der Waals surface area contributed by atoms with Crippen LogP contribution in [0.2, 0.25) is 0 Å². The van der Waals surface area contributed by atoms with Gasteiger partial charge in [-0.2, -0.15) is 4.79 Å². The van der Waals surface area contributed by atoms with E-state index in [1.165, 1.54) is 7.05 Å². The number of hydrogen-bond acceptors (Lipinski definition) is 4. The Morgan fingerprint density at radius 1 is 1.47 bits per heavy atom. The fourth-order valence-corrected chi connectivity index (χ4v) is 1.46. The second kappa shape index (κ2) is 6.14. The smallest absolute Gasteiger partial charge is 0.521 e. The van der Waals surface area contributed by atoms with Gasteiger partial charge in [-0.1, -0.05) is 12.1 Å². The van der Waals surface area contributed by atoms with E-state index in [1.54, 1.807) is 19.1 Å². The molecule has 1 aromatic rings. The highest BCUT2D eigenvalue weighted by Crippen LogP contribution is 2.22. The summed E-state index contributed by atoms with van der Waals surface area (Å²) in [7, 11) is 5.24. The maximum absolute atomic E-state index is 11.8. The number of carbonyl (C=O) groups excluding carboxylic acids is 1. The predicted molar refractivity (Wildman–Crippen MR) is 74.7 cm³/mol. The number of hydrogen-bond donors (Lipinski definition) is 0. The van der Waals surface area contributed by atoms with E-state index in [0.29, 0.717) is 5.75 Å². The summed E-state index contributed by atoms with van der Waals surface area (Å²) in [6.45, 7) is 3.85. The quantitative estimate of drug-likeness (QED) is 0.621. The molecule has 1 amide bonds. The van der Waals surface area contributed by atoms with Crippen molar-refractivity contribution in [2.75, 3.05) is 27.7 Å². The van der Waals surface area contributed by atoms with E-state index in [4.69, 9.17) is 4.74 Å². The van der Waals surface area contributed by atoms with Crippen LogP contribution in [0.15, 0.2) is 24.3 Å². The summed E-state index contributed by atoms with van der Waals surface area (Å²) < 4.78 is 4.11. The lowest BCUT2D eigenvalue weighted by atomic mass is 10.1. The highest BCUT2D eigenvalue weighted by Gasteiger charge is 2.23. The van der Waals surface area contributed by atoms with E-state index in [0.717, 1.165) is 5.56 Å². The van der Waals surface area contributed by atoms with Crippen LogP contribution in [0, 0.1) is 5.21 Å². The van der Waals surface area contributed by atoms with Crippen molar-refractivity contribution in [1.82, 2.24) is 4.90 Å². The van der Waals surface area contributed by atoms with Gasteiger partial charge in [0.15, 0.2) is 0 Å². The first-order chi connectivity index (χ1) is 8.77. The molecule has 0 radical (unpaired) electrons. The van der Waals surface area contributed by atoms with Crippen LogP contribution in [0.1, 0.15) is 25.5 Å². The molecular formula is C14H22N2O3. The first kappa shape index (κ1) is 15.6. The molecule has 2 atom stereocenters. The summed E-state index contributed by atoms with van der Waals surface area (Å²) in [5, 5.41) is 11.8. The third-order valence-electron chi connectivity index (χ3n) is 3.31. The summed E-state index contributed by atoms with van der Waals surface area (Å²) in [4.78, 5) is 13.8. The second-order valence-corrected chi connectivity index (χ2v) is 5.00. The fraction of sp³-hybridized carbons (Fsp3) is 0.500. The van der Waals surface area contributed by atoms with Gasteiger partial charge in [0, 0.05) is 6.04 Å². The molecule has 0 aromatic heterocycles. The summed E-state index contributed by atoms with van der Waals surface area (Å²) in [6.07, 6.45) is -0.794. The van der Waals surface area contributed by atoms with E-state index in [2.05, 4.69) is 11.8 Å². The van der Waals surface area contributed by atoms with Crippen molar-refractivity contribution in [3.63, 3.8) is 0 Å². The Kier molecular flexibility index (Phi) is 5.05. The van der Waals surface area contributed by atoms with E-state index in [-0.39, 0.29) is 12.6 Å². The lowest BCUT2D eigenvalue weighted by molar-refractivity contribution is -0.781. The standard InChI is InChI=1S/C14H22N2O3/c1-6-16(5,18)14(17)19-13-9-7-8-12(10-13)11(2)15(3)4/h7-11H,6H2,1-5H3. The first-order valence-electron chi connectivity index (χ1n) is 6.33. The molecule has 0 heterocycles. The topological polar surface area (TPSA) is 52.6 Å². The largest absolute Gasteiger partial charge is 0.623 e. The Bertz CT molecular complexity index is 444. The van der Waals surface area contributed by atoms with Crippen LogP contribution < -0.4 is 4.74 Å². The van der Waals surface area contributed by atoms with Crippen molar-refractivity contribution in [2.45, 2.75) is 19.9 Å². The molecule has 0 aliphatic heterocycles. The molecule has 0 fully saturated rings. The van der Waals surface area contributed by atoms with Gasteiger partial charge in [-0.15, -0.1) is 0 Å².